The molecule has 19 heavy (non-hydrogen) atoms. The van der Waals surface area contributed by atoms with Crippen molar-refractivity contribution in [2.45, 2.75) is 64.1 Å². The highest BCUT2D eigenvalue weighted by Crippen LogP contribution is 2.17. The average molecular weight is 290 g/mol. The summed E-state index contributed by atoms with van der Waals surface area (Å²) in [5, 5.41) is 6.69. The van der Waals surface area contributed by atoms with Gasteiger partial charge in [-0.3, -0.25) is 9.69 Å². The van der Waals surface area contributed by atoms with Gasteiger partial charge in [0.15, 0.2) is 0 Å². The first kappa shape index (κ1) is 16.7. The third-order valence-electron chi connectivity index (χ3n) is 3.97. The van der Waals surface area contributed by atoms with E-state index in [0.717, 1.165) is 13.1 Å². The van der Waals surface area contributed by atoms with E-state index in [1.165, 1.54) is 32.1 Å². The quantitative estimate of drug-likeness (QED) is 0.828. The Bertz CT molecular complexity index is 272. The Morgan fingerprint density at radius 1 is 1.16 bits per heavy atom. The molecule has 0 radical (unpaired) electrons. The largest absolute Gasteiger partial charge is 0.352 e. The van der Waals surface area contributed by atoms with Crippen molar-refractivity contribution < 1.29 is 4.79 Å². The van der Waals surface area contributed by atoms with Gasteiger partial charge < -0.3 is 10.6 Å². The second-order valence-electron chi connectivity index (χ2n) is 6.07. The van der Waals surface area contributed by atoms with Crippen LogP contribution < -0.4 is 10.6 Å². The summed E-state index contributed by atoms with van der Waals surface area (Å²) in [6, 6.07) is 1.40. The smallest absolute Gasteiger partial charge is 0.234 e. The van der Waals surface area contributed by atoms with Crippen LogP contribution in [0.3, 0.4) is 0 Å². The summed E-state index contributed by atoms with van der Waals surface area (Å²) >= 11 is 0. The van der Waals surface area contributed by atoms with E-state index in [9.17, 15) is 4.79 Å². The van der Waals surface area contributed by atoms with Gasteiger partial charge in [0.05, 0.1) is 6.54 Å². The number of hydrogen-bond acceptors (Lipinski definition) is 3. The Morgan fingerprint density at radius 2 is 1.74 bits per heavy atom. The highest BCUT2D eigenvalue weighted by Gasteiger charge is 2.23. The van der Waals surface area contributed by atoms with Crippen LogP contribution in [0, 0.1) is 0 Å². The van der Waals surface area contributed by atoms with Crippen LogP contribution in [0.15, 0.2) is 0 Å². The van der Waals surface area contributed by atoms with Gasteiger partial charge >= 0.3 is 0 Å². The van der Waals surface area contributed by atoms with E-state index in [1.54, 1.807) is 0 Å². The SMILES string of the molecule is CC1CN(CC(=O)NC2CCCCC2)CC(C)N1.Cl. The Morgan fingerprint density at radius 3 is 2.32 bits per heavy atom. The van der Waals surface area contributed by atoms with Crippen molar-refractivity contribution in [3.63, 3.8) is 0 Å². The van der Waals surface area contributed by atoms with Gasteiger partial charge in [0, 0.05) is 31.2 Å². The van der Waals surface area contributed by atoms with Crippen LogP contribution in [0.1, 0.15) is 46.0 Å². The van der Waals surface area contributed by atoms with Gasteiger partial charge in [-0.25, -0.2) is 0 Å². The fourth-order valence-electron chi connectivity index (χ4n) is 3.29. The number of carbonyl (C=O) groups is 1. The van der Waals surface area contributed by atoms with E-state index in [0.29, 0.717) is 24.7 Å². The van der Waals surface area contributed by atoms with E-state index >= 15 is 0 Å². The lowest BCUT2D eigenvalue weighted by atomic mass is 9.95. The van der Waals surface area contributed by atoms with Gasteiger partial charge in [0.25, 0.3) is 0 Å². The lowest BCUT2D eigenvalue weighted by molar-refractivity contribution is -0.123. The predicted octanol–water partition coefficient (Wildman–Crippen LogP) is 1.54. The summed E-state index contributed by atoms with van der Waals surface area (Å²) in [6.45, 7) is 6.88. The van der Waals surface area contributed by atoms with E-state index < -0.39 is 0 Å². The van der Waals surface area contributed by atoms with E-state index in [1.807, 2.05) is 0 Å². The fraction of sp³-hybridized carbons (Fsp3) is 0.929. The number of hydrogen-bond donors (Lipinski definition) is 2. The lowest BCUT2D eigenvalue weighted by Gasteiger charge is -2.36. The van der Waals surface area contributed by atoms with Crippen LogP contribution in [0.4, 0.5) is 0 Å². The standard InChI is InChI=1S/C14H27N3O.ClH/c1-11-8-17(9-12(2)15-11)10-14(18)16-13-6-4-3-5-7-13;/h11-13,15H,3-10H2,1-2H3,(H,16,18);1H. The first-order valence-corrected chi connectivity index (χ1v) is 7.41. The number of nitrogens with zero attached hydrogens (tertiary/aromatic N) is 1. The second kappa shape index (κ2) is 8.08. The molecule has 2 aliphatic rings. The van der Waals surface area contributed by atoms with Crippen LogP contribution >= 0.6 is 12.4 Å². The van der Waals surface area contributed by atoms with E-state index in [-0.39, 0.29) is 18.3 Å². The minimum Gasteiger partial charge on any atom is -0.352 e. The molecule has 1 amide bonds. The zero-order chi connectivity index (χ0) is 13.0. The van der Waals surface area contributed by atoms with Crippen molar-refractivity contribution >= 4 is 18.3 Å². The Balaban J connectivity index is 0.00000180. The summed E-state index contributed by atoms with van der Waals surface area (Å²) < 4.78 is 0. The Hall–Kier alpha value is -0.320. The molecule has 4 nitrogen and oxygen atoms in total. The molecule has 1 aliphatic carbocycles. The third kappa shape index (κ3) is 5.67. The molecule has 2 N–H and O–H groups in total. The first-order chi connectivity index (χ1) is 8.63. The molecule has 0 spiro atoms. The molecular weight excluding hydrogens is 262 g/mol. The monoisotopic (exact) mass is 289 g/mol. The van der Waals surface area contributed by atoms with Crippen molar-refractivity contribution in [1.82, 2.24) is 15.5 Å². The third-order valence-corrected chi connectivity index (χ3v) is 3.97. The van der Waals surface area contributed by atoms with Crippen LogP contribution in [0.5, 0.6) is 0 Å². The predicted molar refractivity (Wildman–Crippen MR) is 80.8 cm³/mol. The van der Waals surface area contributed by atoms with E-state index in [2.05, 4.69) is 29.4 Å². The highest BCUT2D eigenvalue weighted by atomic mass is 35.5. The summed E-state index contributed by atoms with van der Waals surface area (Å²) in [7, 11) is 0. The molecule has 0 aromatic heterocycles. The maximum Gasteiger partial charge on any atom is 0.234 e. The maximum atomic E-state index is 12.0. The number of rotatable bonds is 3. The maximum absolute atomic E-state index is 12.0. The molecule has 2 atom stereocenters. The number of halogens is 1. The van der Waals surface area contributed by atoms with Crippen LogP contribution in [-0.4, -0.2) is 48.6 Å². The molecule has 1 saturated carbocycles. The minimum absolute atomic E-state index is 0. The molecule has 112 valence electrons. The van der Waals surface area contributed by atoms with Crippen molar-refractivity contribution in [3.8, 4) is 0 Å². The van der Waals surface area contributed by atoms with Crippen molar-refractivity contribution in [3.05, 3.63) is 0 Å². The lowest BCUT2D eigenvalue weighted by Crippen LogP contribution is -2.56. The summed E-state index contributed by atoms with van der Waals surface area (Å²) in [4.78, 5) is 14.3. The summed E-state index contributed by atoms with van der Waals surface area (Å²) in [5.41, 5.74) is 0. The fourth-order valence-corrected chi connectivity index (χ4v) is 3.29. The van der Waals surface area contributed by atoms with Crippen LogP contribution in [0.25, 0.3) is 0 Å². The normalized spacial score (nSPS) is 29.6. The Kier molecular flexibility index (Phi) is 7.11. The zero-order valence-corrected chi connectivity index (χ0v) is 13.0. The molecule has 1 saturated heterocycles. The molecule has 0 bridgehead atoms. The van der Waals surface area contributed by atoms with Gasteiger partial charge in [-0.05, 0) is 26.7 Å². The van der Waals surface area contributed by atoms with Crippen molar-refractivity contribution in [2.24, 2.45) is 0 Å². The average Bonchev–Trinajstić information content (AvgIpc) is 2.28. The number of nitrogens with one attached hydrogen (secondary N) is 2. The molecule has 1 heterocycles. The summed E-state index contributed by atoms with van der Waals surface area (Å²) in [5.74, 6) is 0.211. The highest BCUT2D eigenvalue weighted by molar-refractivity contribution is 5.85. The molecule has 0 aromatic carbocycles. The topological polar surface area (TPSA) is 44.4 Å². The number of carbonyl (C=O) groups excluding carboxylic acids is 1. The first-order valence-electron chi connectivity index (χ1n) is 7.41. The molecular formula is C14H28ClN3O. The summed E-state index contributed by atoms with van der Waals surface area (Å²) in [6.07, 6.45) is 6.21. The van der Waals surface area contributed by atoms with Gasteiger partial charge in [-0.15, -0.1) is 12.4 Å². The second-order valence-corrected chi connectivity index (χ2v) is 6.07. The van der Waals surface area contributed by atoms with Gasteiger partial charge in [0.2, 0.25) is 5.91 Å². The van der Waals surface area contributed by atoms with Gasteiger partial charge in [0.1, 0.15) is 0 Å². The van der Waals surface area contributed by atoms with Crippen molar-refractivity contribution in [2.75, 3.05) is 19.6 Å². The molecule has 0 aromatic rings. The molecule has 1 aliphatic heterocycles. The van der Waals surface area contributed by atoms with E-state index in [4.69, 9.17) is 0 Å². The Labute approximate surface area is 123 Å². The zero-order valence-electron chi connectivity index (χ0n) is 12.2. The minimum atomic E-state index is 0. The van der Waals surface area contributed by atoms with Gasteiger partial charge in [-0.2, -0.15) is 0 Å². The van der Waals surface area contributed by atoms with Crippen molar-refractivity contribution in [1.29, 1.82) is 0 Å². The van der Waals surface area contributed by atoms with Crippen LogP contribution in [0.2, 0.25) is 0 Å². The molecule has 2 unspecified atom stereocenters. The van der Waals surface area contributed by atoms with Crippen LogP contribution in [-0.2, 0) is 4.79 Å². The number of piperazine rings is 1. The molecule has 2 rings (SSSR count). The van der Waals surface area contributed by atoms with Gasteiger partial charge in [-0.1, -0.05) is 19.3 Å². The number of amides is 1. The molecule has 2 fully saturated rings. The molecule has 5 heteroatoms.